The van der Waals surface area contributed by atoms with Crippen molar-refractivity contribution in [2.45, 2.75) is 39.3 Å². The molecule has 3 heterocycles. The first kappa shape index (κ1) is 25.5. The van der Waals surface area contributed by atoms with Crippen molar-refractivity contribution in [2.75, 3.05) is 17.3 Å². The van der Waals surface area contributed by atoms with Crippen LogP contribution in [0.2, 0.25) is 10.0 Å². The van der Waals surface area contributed by atoms with Gasteiger partial charge >= 0.3 is 0 Å². The van der Waals surface area contributed by atoms with Crippen molar-refractivity contribution >= 4 is 46.4 Å². The van der Waals surface area contributed by atoms with Crippen LogP contribution in [0, 0.1) is 13.8 Å². The molecule has 1 spiro atoms. The minimum Gasteiger partial charge on any atom is -0.496 e. The SMILES string of the molecule is COc1ccc(C)cc1-c1nc2c(n1C(C)C)C1(C(=O)Nc3cc(Cl)ccc31)N(c1cc(Cl)ccc1C)C2=O. The van der Waals surface area contributed by atoms with E-state index in [2.05, 4.69) is 5.32 Å². The van der Waals surface area contributed by atoms with E-state index in [0.717, 1.165) is 16.7 Å². The van der Waals surface area contributed by atoms with Crippen LogP contribution in [0.3, 0.4) is 0 Å². The number of hydrogen-bond acceptors (Lipinski definition) is 4. The number of amides is 2. The second-order valence-electron chi connectivity index (χ2n) is 10.2. The summed E-state index contributed by atoms with van der Waals surface area (Å²) in [5, 5.41) is 3.93. The van der Waals surface area contributed by atoms with Gasteiger partial charge in [0.05, 0.1) is 24.1 Å². The van der Waals surface area contributed by atoms with Gasteiger partial charge in [0.1, 0.15) is 11.6 Å². The number of nitrogens with zero attached hydrogens (tertiary/aromatic N) is 3. The second kappa shape index (κ2) is 8.86. The van der Waals surface area contributed by atoms with Crippen LogP contribution >= 0.6 is 23.2 Å². The maximum absolute atomic E-state index is 14.5. The number of halogens is 2. The van der Waals surface area contributed by atoms with E-state index >= 15 is 0 Å². The number of nitrogens with one attached hydrogen (secondary N) is 1. The highest BCUT2D eigenvalue weighted by atomic mass is 35.5. The minimum absolute atomic E-state index is 0.157. The number of methoxy groups -OCH3 is 1. The summed E-state index contributed by atoms with van der Waals surface area (Å²) >= 11 is 12.8. The molecular formula is C30H26Cl2N4O3. The first-order chi connectivity index (χ1) is 18.6. The summed E-state index contributed by atoms with van der Waals surface area (Å²) in [4.78, 5) is 35.2. The first-order valence-electron chi connectivity index (χ1n) is 12.6. The van der Waals surface area contributed by atoms with E-state index in [1.807, 2.05) is 56.5 Å². The van der Waals surface area contributed by atoms with Crippen LogP contribution in [0.25, 0.3) is 11.4 Å². The zero-order valence-corrected chi connectivity index (χ0v) is 23.6. The van der Waals surface area contributed by atoms with Crippen LogP contribution < -0.4 is 15.0 Å². The summed E-state index contributed by atoms with van der Waals surface area (Å²) in [7, 11) is 1.60. The molecule has 2 aliphatic rings. The van der Waals surface area contributed by atoms with Crippen molar-refractivity contribution in [1.82, 2.24) is 9.55 Å². The molecule has 0 radical (unpaired) electrons. The van der Waals surface area contributed by atoms with E-state index in [1.54, 1.807) is 37.4 Å². The van der Waals surface area contributed by atoms with Crippen LogP contribution in [-0.2, 0) is 10.3 Å². The molecule has 0 saturated carbocycles. The number of carbonyl (C=O) groups excluding carboxylic acids is 2. The molecule has 4 aromatic rings. The maximum Gasteiger partial charge on any atom is 0.280 e. The van der Waals surface area contributed by atoms with Crippen LogP contribution in [0.15, 0.2) is 54.6 Å². The van der Waals surface area contributed by atoms with Crippen LogP contribution in [0.1, 0.15) is 52.8 Å². The van der Waals surface area contributed by atoms with Crippen molar-refractivity contribution < 1.29 is 14.3 Å². The summed E-state index contributed by atoms with van der Waals surface area (Å²) in [6, 6.07) is 16.2. The summed E-state index contributed by atoms with van der Waals surface area (Å²) in [6.45, 7) is 7.89. The first-order valence-corrected chi connectivity index (χ1v) is 13.3. The Balaban J connectivity index is 1.75. The van der Waals surface area contributed by atoms with Gasteiger partial charge in [-0.05, 0) is 69.7 Å². The lowest BCUT2D eigenvalue weighted by Gasteiger charge is -2.36. The molecule has 2 amide bonds. The number of carbonyl (C=O) groups is 2. The molecule has 1 N–H and O–H groups in total. The zero-order chi connectivity index (χ0) is 27.8. The Labute approximate surface area is 236 Å². The zero-order valence-electron chi connectivity index (χ0n) is 22.1. The van der Waals surface area contributed by atoms with E-state index in [0.29, 0.717) is 44.3 Å². The minimum atomic E-state index is -1.53. The predicted octanol–water partition coefficient (Wildman–Crippen LogP) is 6.92. The van der Waals surface area contributed by atoms with Crippen molar-refractivity contribution in [3.63, 3.8) is 0 Å². The van der Waals surface area contributed by atoms with Gasteiger partial charge in [-0.3, -0.25) is 14.5 Å². The van der Waals surface area contributed by atoms with Crippen LogP contribution in [0.4, 0.5) is 11.4 Å². The van der Waals surface area contributed by atoms with Gasteiger partial charge in [-0.2, -0.15) is 0 Å². The predicted molar refractivity (Wildman–Crippen MR) is 153 cm³/mol. The van der Waals surface area contributed by atoms with Gasteiger partial charge in [0, 0.05) is 27.3 Å². The quantitative estimate of drug-likeness (QED) is 0.294. The third kappa shape index (κ3) is 3.46. The average Bonchev–Trinajstić information content (AvgIpc) is 3.49. The smallest absolute Gasteiger partial charge is 0.280 e. The maximum atomic E-state index is 14.5. The standard InChI is InChI=1S/C30H26Cl2N4O3/c1-15(2)35-26-25(34-27(35)20-12-16(3)6-11-24(20)39-5)28(37)36(23-14-19(32)8-7-17(23)4)30(26)21-10-9-18(31)13-22(21)33-29(30)38/h6-15H,1-5H3,(H,33,38). The number of anilines is 2. The molecule has 0 saturated heterocycles. The highest BCUT2D eigenvalue weighted by Crippen LogP contribution is 2.55. The average molecular weight is 561 g/mol. The lowest BCUT2D eigenvalue weighted by Crippen LogP contribution is -2.51. The van der Waals surface area contributed by atoms with Crippen LogP contribution in [0.5, 0.6) is 5.75 Å². The molecule has 39 heavy (non-hydrogen) atoms. The molecule has 3 aromatic carbocycles. The Morgan fingerprint density at radius 2 is 1.69 bits per heavy atom. The molecule has 0 aliphatic carbocycles. The van der Waals surface area contributed by atoms with Crippen LogP contribution in [-0.4, -0.2) is 28.5 Å². The number of imidazole rings is 1. The lowest BCUT2D eigenvalue weighted by molar-refractivity contribution is -0.119. The molecule has 0 fully saturated rings. The molecule has 2 aliphatic heterocycles. The summed E-state index contributed by atoms with van der Waals surface area (Å²) in [6.07, 6.45) is 0. The fourth-order valence-corrected chi connectivity index (χ4v) is 6.16. The third-order valence-corrected chi connectivity index (χ3v) is 7.94. The molecule has 9 heteroatoms. The third-order valence-electron chi connectivity index (χ3n) is 7.47. The monoisotopic (exact) mass is 560 g/mol. The molecule has 1 atom stereocenters. The topological polar surface area (TPSA) is 76.5 Å². The Hall–Kier alpha value is -3.81. The second-order valence-corrected chi connectivity index (χ2v) is 11.1. The van der Waals surface area contributed by atoms with Gasteiger partial charge in [-0.1, -0.05) is 47.0 Å². The van der Waals surface area contributed by atoms with Gasteiger partial charge in [0.25, 0.3) is 11.8 Å². The summed E-state index contributed by atoms with van der Waals surface area (Å²) in [5.74, 6) is 0.426. The Morgan fingerprint density at radius 1 is 0.974 bits per heavy atom. The van der Waals surface area contributed by atoms with Crippen molar-refractivity contribution in [1.29, 1.82) is 0 Å². The number of hydrogen-bond donors (Lipinski definition) is 1. The van der Waals surface area contributed by atoms with E-state index in [-0.39, 0.29) is 23.6 Å². The fourth-order valence-electron chi connectivity index (χ4n) is 5.82. The highest BCUT2D eigenvalue weighted by Gasteiger charge is 2.64. The van der Waals surface area contributed by atoms with Crippen molar-refractivity contribution in [3.05, 3.63) is 92.7 Å². The largest absolute Gasteiger partial charge is 0.496 e. The van der Waals surface area contributed by atoms with Gasteiger partial charge < -0.3 is 14.6 Å². The number of fused-ring (bicyclic) bond motifs is 4. The molecule has 0 bridgehead atoms. The lowest BCUT2D eigenvalue weighted by atomic mass is 9.86. The highest BCUT2D eigenvalue weighted by molar-refractivity contribution is 6.32. The number of rotatable bonds is 4. The molecular weight excluding hydrogens is 535 g/mol. The molecule has 1 unspecified atom stereocenters. The van der Waals surface area contributed by atoms with Gasteiger partial charge in [0.15, 0.2) is 11.2 Å². The van der Waals surface area contributed by atoms with Gasteiger partial charge in [-0.25, -0.2) is 4.98 Å². The van der Waals surface area contributed by atoms with E-state index in [1.165, 1.54) is 4.90 Å². The Morgan fingerprint density at radius 3 is 2.41 bits per heavy atom. The fraction of sp³-hybridized carbons (Fsp3) is 0.233. The van der Waals surface area contributed by atoms with E-state index < -0.39 is 5.54 Å². The molecule has 198 valence electrons. The molecule has 6 rings (SSSR count). The number of benzene rings is 3. The number of ether oxygens (including phenoxy) is 1. The van der Waals surface area contributed by atoms with Gasteiger partial charge in [-0.15, -0.1) is 0 Å². The van der Waals surface area contributed by atoms with E-state index in [9.17, 15) is 9.59 Å². The Kier molecular flexibility index (Phi) is 5.79. The van der Waals surface area contributed by atoms with E-state index in [4.69, 9.17) is 32.9 Å². The van der Waals surface area contributed by atoms with Gasteiger partial charge in [0.2, 0.25) is 0 Å². The number of aromatic nitrogens is 2. The normalized spacial score (nSPS) is 17.7. The van der Waals surface area contributed by atoms with Crippen molar-refractivity contribution in [2.24, 2.45) is 0 Å². The Bertz CT molecular complexity index is 1710. The van der Waals surface area contributed by atoms with Crippen molar-refractivity contribution in [3.8, 4) is 17.1 Å². The molecule has 1 aromatic heterocycles. The summed E-state index contributed by atoms with van der Waals surface area (Å²) in [5.41, 5.74) is 3.42. The molecule has 7 nitrogen and oxygen atoms in total. The summed E-state index contributed by atoms with van der Waals surface area (Å²) < 4.78 is 7.67. The number of aryl methyl sites for hydroxylation is 2.